The maximum Gasteiger partial charge on any atom is 0.0972 e. The zero-order valence-electron chi connectivity index (χ0n) is 18.4. The summed E-state index contributed by atoms with van der Waals surface area (Å²) in [4.78, 5) is 4.95. The topological polar surface area (TPSA) is 36.3 Å². The van der Waals surface area contributed by atoms with E-state index in [2.05, 4.69) is 90.7 Å². The molecule has 1 saturated heterocycles. The van der Waals surface area contributed by atoms with Crippen LogP contribution in [0.15, 0.2) is 54.7 Å². The third kappa shape index (κ3) is 4.98. The lowest BCUT2D eigenvalue weighted by molar-refractivity contribution is 0.154. The highest BCUT2D eigenvalue weighted by Gasteiger charge is 2.15. The molecule has 0 unspecified atom stereocenters. The minimum atomic E-state index is 0.822. The van der Waals surface area contributed by atoms with Crippen LogP contribution in [0.1, 0.15) is 16.7 Å². The lowest BCUT2D eigenvalue weighted by Crippen LogP contribution is -2.46. The van der Waals surface area contributed by atoms with E-state index >= 15 is 0 Å². The van der Waals surface area contributed by atoms with Gasteiger partial charge in [0.25, 0.3) is 0 Å². The molecule has 2 heterocycles. The first-order valence-corrected chi connectivity index (χ1v) is 10.9. The van der Waals surface area contributed by atoms with E-state index in [1.54, 1.807) is 0 Å². The van der Waals surface area contributed by atoms with Crippen molar-refractivity contribution in [1.82, 2.24) is 24.9 Å². The molecule has 0 atom stereocenters. The second kappa shape index (κ2) is 9.56. The molecule has 2 aromatic carbocycles. The van der Waals surface area contributed by atoms with Gasteiger partial charge in [-0.25, -0.2) is 4.68 Å². The Morgan fingerprint density at radius 1 is 0.967 bits per heavy atom. The molecule has 5 heteroatoms. The van der Waals surface area contributed by atoms with E-state index in [0.29, 0.717) is 0 Å². The summed E-state index contributed by atoms with van der Waals surface area (Å²) in [6.45, 7) is 11.9. The second-order valence-electron chi connectivity index (χ2n) is 8.43. The first-order chi connectivity index (χ1) is 14.6. The van der Waals surface area contributed by atoms with Gasteiger partial charge in [0.15, 0.2) is 0 Å². The number of benzene rings is 2. The molecule has 158 valence electrons. The number of likely N-dealkylation sites (N-methyl/N-ethyl adjacent to an activating group) is 1. The summed E-state index contributed by atoms with van der Waals surface area (Å²) in [5.41, 5.74) is 7.09. The Balaban J connectivity index is 1.49. The highest BCUT2D eigenvalue weighted by Crippen LogP contribution is 2.25. The van der Waals surface area contributed by atoms with E-state index in [0.717, 1.165) is 49.7 Å². The summed E-state index contributed by atoms with van der Waals surface area (Å²) in [5, 5.41) is 8.64. The Morgan fingerprint density at radius 3 is 2.50 bits per heavy atom. The van der Waals surface area contributed by atoms with Gasteiger partial charge in [0.05, 0.1) is 11.4 Å². The lowest BCUT2D eigenvalue weighted by Gasteiger charge is -2.32. The Hall–Kier alpha value is -2.47. The van der Waals surface area contributed by atoms with Crippen LogP contribution in [-0.2, 0) is 6.54 Å². The van der Waals surface area contributed by atoms with Crippen LogP contribution in [0.3, 0.4) is 0 Å². The van der Waals surface area contributed by atoms with Crippen molar-refractivity contribution in [2.24, 2.45) is 0 Å². The average molecular weight is 404 g/mol. The molecule has 1 aliphatic rings. The number of piperazine rings is 1. The van der Waals surface area contributed by atoms with Crippen LogP contribution in [0.5, 0.6) is 0 Å². The van der Waals surface area contributed by atoms with Crippen molar-refractivity contribution in [3.8, 4) is 16.9 Å². The van der Waals surface area contributed by atoms with Crippen LogP contribution in [-0.4, -0.2) is 65.9 Å². The highest BCUT2D eigenvalue weighted by atomic mass is 15.3. The van der Waals surface area contributed by atoms with Gasteiger partial charge in [-0.05, 0) is 38.1 Å². The van der Waals surface area contributed by atoms with E-state index in [9.17, 15) is 0 Å². The monoisotopic (exact) mass is 403 g/mol. The predicted octanol–water partition coefficient (Wildman–Crippen LogP) is 3.49. The Morgan fingerprint density at radius 2 is 1.73 bits per heavy atom. The van der Waals surface area contributed by atoms with E-state index in [4.69, 9.17) is 5.10 Å². The molecule has 1 fully saturated rings. The Bertz CT molecular complexity index is 955. The fourth-order valence-electron chi connectivity index (χ4n) is 4.00. The van der Waals surface area contributed by atoms with E-state index < -0.39 is 0 Å². The van der Waals surface area contributed by atoms with E-state index in [1.807, 2.05) is 4.68 Å². The molecular weight excluding hydrogens is 370 g/mol. The van der Waals surface area contributed by atoms with Gasteiger partial charge in [-0.3, -0.25) is 4.90 Å². The Labute approximate surface area is 180 Å². The highest BCUT2D eigenvalue weighted by molar-refractivity contribution is 5.63. The lowest BCUT2D eigenvalue weighted by atomic mass is 10.1. The molecular formula is C25H33N5. The van der Waals surface area contributed by atoms with Crippen LogP contribution in [0.2, 0.25) is 0 Å². The molecule has 3 aromatic rings. The standard InChI is InChI=1S/C25H33N5/c1-20-9-10-21(2)24(17-20)30-19-23(25(27-30)22-7-5-4-6-8-22)18-26-11-12-29-15-13-28(3)14-16-29/h4-10,17,19,26H,11-16,18H2,1-3H3. The number of nitrogens with zero attached hydrogens (tertiary/aromatic N) is 4. The summed E-state index contributed by atoms with van der Waals surface area (Å²) < 4.78 is 2.04. The van der Waals surface area contributed by atoms with Gasteiger partial charge in [-0.2, -0.15) is 5.10 Å². The van der Waals surface area contributed by atoms with Gasteiger partial charge < -0.3 is 10.2 Å². The van der Waals surface area contributed by atoms with Gasteiger partial charge in [0.1, 0.15) is 0 Å². The largest absolute Gasteiger partial charge is 0.311 e. The number of hydrogen-bond donors (Lipinski definition) is 1. The second-order valence-corrected chi connectivity index (χ2v) is 8.43. The maximum atomic E-state index is 4.99. The third-order valence-electron chi connectivity index (χ3n) is 5.96. The van der Waals surface area contributed by atoms with E-state index in [1.165, 1.54) is 29.8 Å². The average Bonchev–Trinajstić information content (AvgIpc) is 3.19. The minimum absolute atomic E-state index is 0.822. The van der Waals surface area contributed by atoms with Gasteiger partial charge in [-0.1, -0.05) is 42.5 Å². The Kier molecular flexibility index (Phi) is 6.62. The van der Waals surface area contributed by atoms with Crippen LogP contribution < -0.4 is 5.32 Å². The predicted molar refractivity (Wildman–Crippen MR) is 124 cm³/mol. The summed E-state index contributed by atoms with van der Waals surface area (Å²) in [6.07, 6.45) is 2.19. The normalized spacial score (nSPS) is 15.6. The van der Waals surface area contributed by atoms with Crippen LogP contribution in [0, 0.1) is 13.8 Å². The van der Waals surface area contributed by atoms with Gasteiger partial charge >= 0.3 is 0 Å². The van der Waals surface area contributed by atoms with Crippen LogP contribution in [0.4, 0.5) is 0 Å². The molecule has 0 saturated carbocycles. The molecule has 0 bridgehead atoms. The molecule has 4 rings (SSSR count). The number of hydrogen-bond acceptors (Lipinski definition) is 4. The number of aromatic nitrogens is 2. The van der Waals surface area contributed by atoms with Crippen molar-refractivity contribution in [1.29, 1.82) is 0 Å². The summed E-state index contributed by atoms with van der Waals surface area (Å²) in [5.74, 6) is 0. The summed E-state index contributed by atoms with van der Waals surface area (Å²) in [6, 6.07) is 17.0. The van der Waals surface area contributed by atoms with Crippen molar-refractivity contribution in [2.45, 2.75) is 20.4 Å². The van der Waals surface area contributed by atoms with Crippen LogP contribution >= 0.6 is 0 Å². The fraction of sp³-hybridized carbons (Fsp3) is 0.400. The maximum absolute atomic E-state index is 4.99. The number of aryl methyl sites for hydroxylation is 2. The number of rotatable bonds is 7. The minimum Gasteiger partial charge on any atom is -0.311 e. The van der Waals surface area contributed by atoms with Gasteiger partial charge in [0, 0.05) is 63.1 Å². The molecule has 0 aliphatic carbocycles. The molecule has 0 radical (unpaired) electrons. The van der Waals surface area contributed by atoms with Gasteiger partial charge in [0.2, 0.25) is 0 Å². The molecule has 1 N–H and O–H groups in total. The first-order valence-electron chi connectivity index (χ1n) is 10.9. The molecule has 0 spiro atoms. The molecule has 30 heavy (non-hydrogen) atoms. The van der Waals surface area contributed by atoms with Crippen molar-refractivity contribution < 1.29 is 0 Å². The van der Waals surface area contributed by atoms with Crippen LogP contribution in [0.25, 0.3) is 16.9 Å². The zero-order chi connectivity index (χ0) is 20.9. The SMILES string of the molecule is Cc1ccc(C)c(-n2cc(CNCCN3CCN(C)CC3)c(-c3ccccc3)n2)c1. The fourth-order valence-corrected chi connectivity index (χ4v) is 4.00. The quantitative estimate of drug-likeness (QED) is 0.613. The zero-order valence-corrected chi connectivity index (χ0v) is 18.4. The van der Waals surface area contributed by atoms with Gasteiger partial charge in [-0.15, -0.1) is 0 Å². The van der Waals surface area contributed by atoms with Crippen molar-refractivity contribution in [2.75, 3.05) is 46.3 Å². The third-order valence-corrected chi connectivity index (χ3v) is 5.96. The summed E-state index contributed by atoms with van der Waals surface area (Å²) >= 11 is 0. The number of nitrogens with one attached hydrogen (secondary N) is 1. The summed E-state index contributed by atoms with van der Waals surface area (Å²) in [7, 11) is 2.20. The molecule has 1 aliphatic heterocycles. The first kappa shape index (κ1) is 20.8. The molecule has 1 aromatic heterocycles. The van der Waals surface area contributed by atoms with Crippen molar-refractivity contribution >= 4 is 0 Å². The molecule has 0 amide bonds. The van der Waals surface area contributed by atoms with Crippen molar-refractivity contribution in [3.63, 3.8) is 0 Å². The van der Waals surface area contributed by atoms with Crippen molar-refractivity contribution in [3.05, 3.63) is 71.4 Å². The smallest absolute Gasteiger partial charge is 0.0972 e. The molecule has 5 nitrogen and oxygen atoms in total. The van der Waals surface area contributed by atoms with E-state index in [-0.39, 0.29) is 0 Å².